The highest BCUT2D eigenvalue weighted by atomic mass is 19.1. The van der Waals surface area contributed by atoms with Gasteiger partial charge in [-0.15, -0.1) is 0 Å². The number of aromatic amines is 1. The van der Waals surface area contributed by atoms with Crippen LogP contribution in [-0.2, 0) is 0 Å². The largest absolute Gasteiger partial charge is 0.493 e. The van der Waals surface area contributed by atoms with Crippen LogP contribution in [0.2, 0.25) is 0 Å². The molecule has 6 heteroatoms. The van der Waals surface area contributed by atoms with Gasteiger partial charge in [0.1, 0.15) is 17.5 Å². The average molecular weight is 350 g/mol. The van der Waals surface area contributed by atoms with Crippen molar-refractivity contribution < 1.29 is 18.7 Å². The molecule has 0 aliphatic rings. The number of H-pyrrole nitrogens is 1. The highest BCUT2D eigenvalue weighted by Gasteiger charge is 2.18. The normalized spacial score (nSPS) is 11.2. The molecule has 5 nitrogen and oxygen atoms in total. The van der Waals surface area contributed by atoms with Crippen LogP contribution in [0.4, 0.5) is 4.39 Å². The topological polar surface area (TPSA) is 75.1 Å². The zero-order valence-corrected chi connectivity index (χ0v) is 14.2. The molecule has 1 heterocycles. The molecule has 3 rings (SSSR count). The Balaban J connectivity index is 2.07. The lowest BCUT2D eigenvalue weighted by atomic mass is 10.0. The van der Waals surface area contributed by atoms with E-state index in [1.165, 1.54) is 44.7 Å². The SMILES string of the molecule is COc1cccc(/C=C(/C#N)C(=O)c2c[nH]c3cc(F)ccc23)c1OC. The number of para-hydroxylation sites is 1. The maximum Gasteiger partial charge on any atom is 0.205 e. The Kier molecular flexibility index (Phi) is 4.72. The van der Waals surface area contributed by atoms with Crippen LogP contribution in [0.5, 0.6) is 11.5 Å². The number of Topliss-reactive ketones (excluding diaryl/α,β-unsaturated/α-hetero) is 1. The van der Waals surface area contributed by atoms with Crippen molar-refractivity contribution in [2.45, 2.75) is 0 Å². The lowest BCUT2D eigenvalue weighted by molar-refractivity contribution is 0.104. The minimum absolute atomic E-state index is 0.0678. The first-order valence-electron chi connectivity index (χ1n) is 7.73. The molecule has 130 valence electrons. The second-order valence-corrected chi connectivity index (χ2v) is 5.47. The summed E-state index contributed by atoms with van der Waals surface area (Å²) in [5, 5.41) is 10.0. The summed E-state index contributed by atoms with van der Waals surface area (Å²) in [5.41, 5.74) is 1.27. The van der Waals surface area contributed by atoms with Crippen molar-refractivity contribution in [3.63, 3.8) is 0 Å². The van der Waals surface area contributed by atoms with Crippen LogP contribution >= 0.6 is 0 Å². The number of nitrogens with one attached hydrogen (secondary N) is 1. The van der Waals surface area contributed by atoms with Gasteiger partial charge in [0.25, 0.3) is 0 Å². The van der Waals surface area contributed by atoms with Gasteiger partial charge in [0.2, 0.25) is 5.78 Å². The number of nitriles is 1. The molecule has 0 aliphatic heterocycles. The standard InChI is InChI=1S/C20H15FN2O3/c1-25-18-5-3-4-12(20(18)26-2)8-13(10-22)19(24)16-11-23-17-9-14(21)6-7-15(16)17/h3-9,11,23H,1-2H3/b13-8-. The Morgan fingerprint density at radius 3 is 2.73 bits per heavy atom. The number of benzene rings is 2. The summed E-state index contributed by atoms with van der Waals surface area (Å²) >= 11 is 0. The Morgan fingerprint density at radius 2 is 2.04 bits per heavy atom. The lowest BCUT2D eigenvalue weighted by Gasteiger charge is -2.10. The van der Waals surface area contributed by atoms with E-state index < -0.39 is 11.6 Å². The molecule has 1 N–H and O–H groups in total. The first kappa shape index (κ1) is 17.2. The van der Waals surface area contributed by atoms with Gasteiger partial charge in [-0.1, -0.05) is 12.1 Å². The van der Waals surface area contributed by atoms with Gasteiger partial charge in [-0.05, 0) is 30.3 Å². The van der Waals surface area contributed by atoms with E-state index in [1.807, 2.05) is 6.07 Å². The third-order valence-electron chi connectivity index (χ3n) is 3.99. The predicted octanol–water partition coefficient (Wildman–Crippen LogP) is 4.11. The van der Waals surface area contributed by atoms with Crippen LogP contribution in [0.15, 0.2) is 48.2 Å². The van der Waals surface area contributed by atoms with E-state index in [-0.39, 0.29) is 5.57 Å². The molecular formula is C20H15FN2O3. The molecule has 0 amide bonds. The second kappa shape index (κ2) is 7.11. The molecule has 0 saturated carbocycles. The average Bonchev–Trinajstić information content (AvgIpc) is 3.07. The van der Waals surface area contributed by atoms with E-state index in [0.717, 1.165) is 0 Å². The maximum absolute atomic E-state index is 13.3. The smallest absolute Gasteiger partial charge is 0.205 e. The van der Waals surface area contributed by atoms with Gasteiger partial charge < -0.3 is 14.5 Å². The van der Waals surface area contributed by atoms with E-state index >= 15 is 0 Å². The summed E-state index contributed by atoms with van der Waals surface area (Å²) in [7, 11) is 2.99. The van der Waals surface area contributed by atoms with Crippen LogP contribution in [0.3, 0.4) is 0 Å². The number of fused-ring (bicyclic) bond motifs is 1. The second-order valence-electron chi connectivity index (χ2n) is 5.47. The fourth-order valence-electron chi connectivity index (χ4n) is 2.76. The summed E-state index contributed by atoms with van der Waals surface area (Å²) in [6, 6.07) is 11.2. The summed E-state index contributed by atoms with van der Waals surface area (Å²) in [4.78, 5) is 15.7. The molecule has 0 radical (unpaired) electrons. The number of methoxy groups -OCH3 is 2. The number of carbonyl (C=O) groups is 1. The fraction of sp³-hybridized carbons (Fsp3) is 0.100. The van der Waals surface area contributed by atoms with Gasteiger partial charge in [0.05, 0.1) is 14.2 Å². The number of halogens is 1. The summed E-state index contributed by atoms with van der Waals surface area (Å²) in [6.45, 7) is 0. The van der Waals surface area contributed by atoms with Gasteiger partial charge >= 0.3 is 0 Å². The van der Waals surface area contributed by atoms with E-state index in [4.69, 9.17) is 9.47 Å². The predicted molar refractivity (Wildman–Crippen MR) is 95.7 cm³/mol. The van der Waals surface area contributed by atoms with Crippen molar-refractivity contribution in [2.24, 2.45) is 0 Å². The maximum atomic E-state index is 13.3. The van der Waals surface area contributed by atoms with E-state index in [1.54, 1.807) is 18.2 Å². The highest BCUT2D eigenvalue weighted by Crippen LogP contribution is 2.32. The molecule has 0 aliphatic carbocycles. The molecule has 0 saturated heterocycles. The van der Waals surface area contributed by atoms with E-state index in [0.29, 0.717) is 33.5 Å². The first-order valence-corrected chi connectivity index (χ1v) is 7.73. The number of allylic oxidation sites excluding steroid dienone is 1. The Bertz CT molecular complexity index is 1060. The molecule has 3 aromatic rings. The third-order valence-corrected chi connectivity index (χ3v) is 3.99. The number of hydrogen-bond donors (Lipinski definition) is 1. The van der Waals surface area contributed by atoms with Gasteiger partial charge in [-0.25, -0.2) is 4.39 Å². The number of rotatable bonds is 5. The van der Waals surface area contributed by atoms with Gasteiger partial charge in [0.15, 0.2) is 11.5 Å². The van der Waals surface area contributed by atoms with Crippen LogP contribution in [0, 0.1) is 17.1 Å². The Morgan fingerprint density at radius 1 is 1.23 bits per heavy atom. The summed E-state index contributed by atoms with van der Waals surface area (Å²) < 4.78 is 23.9. The molecule has 0 unspecified atom stereocenters. The van der Waals surface area contributed by atoms with E-state index in [2.05, 4.69) is 4.98 Å². The van der Waals surface area contributed by atoms with Gasteiger partial charge in [0, 0.05) is 28.2 Å². The summed E-state index contributed by atoms with van der Waals surface area (Å²) in [5.74, 6) is 0.0517. The molecule has 0 bridgehead atoms. The number of hydrogen-bond acceptors (Lipinski definition) is 4. The molecule has 0 atom stereocenters. The molecule has 26 heavy (non-hydrogen) atoms. The van der Waals surface area contributed by atoms with E-state index in [9.17, 15) is 14.4 Å². The number of ketones is 1. The lowest BCUT2D eigenvalue weighted by Crippen LogP contribution is -2.02. The number of nitrogens with zero attached hydrogens (tertiary/aromatic N) is 1. The van der Waals surface area contributed by atoms with Gasteiger partial charge in [-0.3, -0.25) is 4.79 Å². The van der Waals surface area contributed by atoms with Crippen molar-refractivity contribution >= 4 is 22.8 Å². The van der Waals surface area contributed by atoms with Crippen molar-refractivity contribution in [3.05, 3.63) is 65.1 Å². The van der Waals surface area contributed by atoms with Gasteiger partial charge in [-0.2, -0.15) is 5.26 Å². The van der Waals surface area contributed by atoms with Crippen molar-refractivity contribution in [2.75, 3.05) is 14.2 Å². The number of ether oxygens (including phenoxy) is 2. The van der Waals surface area contributed by atoms with Crippen LogP contribution in [0.25, 0.3) is 17.0 Å². The van der Waals surface area contributed by atoms with Crippen molar-refractivity contribution in [3.8, 4) is 17.6 Å². The minimum atomic E-state index is -0.463. The number of aromatic nitrogens is 1. The molecule has 1 aromatic heterocycles. The highest BCUT2D eigenvalue weighted by molar-refractivity contribution is 6.20. The monoisotopic (exact) mass is 350 g/mol. The van der Waals surface area contributed by atoms with Crippen LogP contribution in [-0.4, -0.2) is 25.0 Å². The minimum Gasteiger partial charge on any atom is -0.493 e. The fourth-order valence-corrected chi connectivity index (χ4v) is 2.76. The van der Waals surface area contributed by atoms with Crippen LogP contribution < -0.4 is 9.47 Å². The van der Waals surface area contributed by atoms with Crippen molar-refractivity contribution in [1.82, 2.24) is 4.98 Å². The molecular weight excluding hydrogens is 335 g/mol. The quantitative estimate of drug-likeness (QED) is 0.427. The van der Waals surface area contributed by atoms with Crippen LogP contribution in [0.1, 0.15) is 15.9 Å². The zero-order chi connectivity index (χ0) is 18.7. The Hall–Kier alpha value is -3.59. The summed E-state index contributed by atoms with van der Waals surface area (Å²) in [6.07, 6.45) is 2.92. The third kappa shape index (κ3) is 3.03. The van der Waals surface area contributed by atoms with Crippen molar-refractivity contribution in [1.29, 1.82) is 5.26 Å². The molecule has 0 spiro atoms. The first-order chi connectivity index (χ1) is 12.6. The molecule has 0 fully saturated rings. The molecule has 2 aromatic carbocycles. The zero-order valence-electron chi connectivity index (χ0n) is 14.2. The number of carbonyl (C=O) groups excluding carboxylic acids is 1. The Labute approximate surface area is 149 Å².